The van der Waals surface area contributed by atoms with Gasteiger partial charge in [0.2, 0.25) is 0 Å². The molecule has 0 unspecified atom stereocenters. The van der Waals surface area contributed by atoms with Crippen LogP contribution in [0.25, 0.3) is 10.9 Å². The number of benzene rings is 1. The molecule has 3 rings (SSSR count). The Bertz CT molecular complexity index is 652. The van der Waals surface area contributed by atoms with Crippen LogP contribution in [-0.4, -0.2) is 37.5 Å². The van der Waals surface area contributed by atoms with Crippen LogP contribution in [0.15, 0.2) is 15.4 Å². The first-order chi connectivity index (χ1) is 9.63. The molecule has 1 aliphatic rings. The standard InChI is InChI=1S/C14H16BrFN2OS/c1-8-14(20-2)11-12(17-8)9(15)7-10(16)13(11)18-3-5-19-6-4-18/h7,17H,3-6H2,1-2H3. The van der Waals surface area contributed by atoms with Gasteiger partial charge < -0.3 is 14.6 Å². The van der Waals surface area contributed by atoms with Gasteiger partial charge in [-0.15, -0.1) is 11.8 Å². The lowest BCUT2D eigenvalue weighted by molar-refractivity contribution is 0.122. The zero-order chi connectivity index (χ0) is 14.3. The number of morpholine rings is 1. The number of anilines is 1. The Balaban J connectivity index is 2.28. The Hall–Kier alpha value is -0.720. The van der Waals surface area contributed by atoms with E-state index in [-0.39, 0.29) is 5.82 Å². The third-order valence-electron chi connectivity index (χ3n) is 3.62. The average Bonchev–Trinajstić information content (AvgIpc) is 2.77. The van der Waals surface area contributed by atoms with Gasteiger partial charge in [-0.3, -0.25) is 0 Å². The van der Waals surface area contributed by atoms with E-state index in [0.717, 1.165) is 39.1 Å². The largest absolute Gasteiger partial charge is 0.378 e. The van der Waals surface area contributed by atoms with Crippen molar-refractivity contribution < 1.29 is 9.13 Å². The van der Waals surface area contributed by atoms with Crippen molar-refractivity contribution >= 4 is 44.3 Å². The highest BCUT2D eigenvalue weighted by atomic mass is 79.9. The molecule has 2 heterocycles. The Kier molecular flexibility index (Phi) is 3.97. The highest BCUT2D eigenvalue weighted by molar-refractivity contribution is 9.10. The van der Waals surface area contributed by atoms with E-state index in [2.05, 4.69) is 25.8 Å². The van der Waals surface area contributed by atoms with Crippen molar-refractivity contribution in [3.05, 3.63) is 22.1 Å². The number of hydrogen-bond acceptors (Lipinski definition) is 3. The summed E-state index contributed by atoms with van der Waals surface area (Å²) in [5, 5.41) is 0.976. The van der Waals surface area contributed by atoms with Gasteiger partial charge in [0.15, 0.2) is 0 Å². The third kappa shape index (κ3) is 2.23. The Morgan fingerprint density at radius 3 is 2.75 bits per heavy atom. The lowest BCUT2D eigenvalue weighted by Crippen LogP contribution is -2.36. The third-order valence-corrected chi connectivity index (χ3v) is 5.16. The molecule has 1 saturated heterocycles. The van der Waals surface area contributed by atoms with Gasteiger partial charge in [-0.1, -0.05) is 0 Å². The molecule has 6 heteroatoms. The van der Waals surface area contributed by atoms with E-state index in [1.54, 1.807) is 17.8 Å². The first kappa shape index (κ1) is 14.2. The lowest BCUT2D eigenvalue weighted by atomic mass is 10.1. The van der Waals surface area contributed by atoms with E-state index in [9.17, 15) is 4.39 Å². The van der Waals surface area contributed by atoms with E-state index in [1.807, 2.05) is 13.2 Å². The van der Waals surface area contributed by atoms with Crippen LogP contribution >= 0.6 is 27.7 Å². The minimum atomic E-state index is -0.180. The van der Waals surface area contributed by atoms with Gasteiger partial charge in [-0.2, -0.15) is 0 Å². The van der Waals surface area contributed by atoms with Crippen LogP contribution in [-0.2, 0) is 4.74 Å². The van der Waals surface area contributed by atoms with Crippen LogP contribution in [0.5, 0.6) is 0 Å². The van der Waals surface area contributed by atoms with Gasteiger partial charge in [0, 0.05) is 33.5 Å². The molecule has 0 bridgehead atoms. The second-order valence-corrected chi connectivity index (χ2v) is 6.49. The summed E-state index contributed by atoms with van der Waals surface area (Å²) in [4.78, 5) is 6.56. The topological polar surface area (TPSA) is 28.3 Å². The predicted molar refractivity (Wildman–Crippen MR) is 85.5 cm³/mol. The normalized spacial score (nSPS) is 16.1. The fourth-order valence-electron chi connectivity index (χ4n) is 2.74. The summed E-state index contributed by atoms with van der Waals surface area (Å²) in [5.74, 6) is -0.180. The van der Waals surface area contributed by atoms with Gasteiger partial charge in [-0.25, -0.2) is 4.39 Å². The molecular weight excluding hydrogens is 343 g/mol. The fourth-order valence-corrected chi connectivity index (χ4v) is 3.99. The van der Waals surface area contributed by atoms with Crippen molar-refractivity contribution in [2.45, 2.75) is 11.8 Å². The van der Waals surface area contributed by atoms with Gasteiger partial charge in [0.05, 0.1) is 24.4 Å². The molecular formula is C14H16BrFN2OS. The molecule has 0 saturated carbocycles. The Labute approximate surface area is 130 Å². The first-order valence-electron chi connectivity index (χ1n) is 6.50. The average molecular weight is 359 g/mol. The number of ether oxygens (including phenoxy) is 1. The molecule has 1 aromatic carbocycles. The smallest absolute Gasteiger partial charge is 0.148 e. The predicted octanol–water partition coefficient (Wildman–Crippen LogP) is 3.94. The molecule has 20 heavy (non-hydrogen) atoms. The molecule has 1 aromatic heterocycles. The number of aromatic amines is 1. The maximum Gasteiger partial charge on any atom is 0.148 e. The van der Waals surface area contributed by atoms with E-state index >= 15 is 0 Å². The SMILES string of the molecule is CSc1c(C)[nH]c2c(Br)cc(F)c(N3CCOCC3)c12. The summed E-state index contributed by atoms with van der Waals surface area (Å²) in [7, 11) is 0. The molecule has 3 nitrogen and oxygen atoms in total. The summed E-state index contributed by atoms with van der Waals surface area (Å²) in [5.41, 5.74) is 2.74. The van der Waals surface area contributed by atoms with Crippen molar-refractivity contribution in [1.82, 2.24) is 4.98 Å². The summed E-state index contributed by atoms with van der Waals surface area (Å²) in [6.45, 7) is 4.78. The molecule has 2 aromatic rings. The zero-order valence-corrected chi connectivity index (χ0v) is 13.8. The summed E-state index contributed by atoms with van der Waals surface area (Å²) < 4.78 is 20.7. The minimum Gasteiger partial charge on any atom is -0.378 e. The lowest BCUT2D eigenvalue weighted by Gasteiger charge is -2.30. The maximum absolute atomic E-state index is 14.6. The number of nitrogens with one attached hydrogen (secondary N) is 1. The van der Waals surface area contributed by atoms with Crippen molar-refractivity contribution in [2.24, 2.45) is 0 Å². The Morgan fingerprint density at radius 2 is 2.10 bits per heavy atom. The number of nitrogens with zero attached hydrogens (tertiary/aromatic N) is 1. The maximum atomic E-state index is 14.6. The molecule has 0 aliphatic carbocycles. The molecule has 0 radical (unpaired) electrons. The summed E-state index contributed by atoms with van der Waals surface area (Å²) >= 11 is 5.11. The van der Waals surface area contributed by atoms with Crippen LogP contribution < -0.4 is 4.90 Å². The van der Waals surface area contributed by atoms with Crippen molar-refractivity contribution in [3.8, 4) is 0 Å². The molecule has 108 valence electrons. The molecule has 0 atom stereocenters. The van der Waals surface area contributed by atoms with E-state index in [0.29, 0.717) is 18.9 Å². The number of halogens is 2. The van der Waals surface area contributed by atoms with Crippen molar-refractivity contribution in [3.63, 3.8) is 0 Å². The van der Waals surface area contributed by atoms with Gasteiger partial charge >= 0.3 is 0 Å². The van der Waals surface area contributed by atoms with Crippen LogP contribution in [0.3, 0.4) is 0 Å². The monoisotopic (exact) mass is 358 g/mol. The quantitative estimate of drug-likeness (QED) is 0.824. The number of rotatable bonds is 2. The number of thioether (sulfide) groups is 1. The van der Waals surface area contributed by atoms with Gasteiger partial charge in [-0.05, 0) is 35.2 Å². The molecule has 0 amide bonds. The second kappa shape index (κ2) is 5.58. The zero-order valence-electron chi connectivity index (χ0n) is 11.4. The molecule has 1 fully saturated rings. The van der Waals surface area contributed by atoms with E-state index in [4.69, 9.17) is 4.74 Å². The summed E-state index contributed by atoms with van der Waals surface area (Å²) in [6.07, 6.45) is 2.03. The van der Waals surface area contributed by atoms with Crippen LogP contribution in [0.1, 0.15) is 5.69 Å². The molecule has 0 spiro atoms. The minimum absolute atomic E-state index is 0.180. The van der Waals surface area contributed by atoms with Crippen LogP contribution in [0.2, 0.25) is 0 Å². The fraction of sp³-hybridized carbons (Fsp3) is 0.429. The van der Waals surface area contributed by atoms with Crippen LogP contribution in [0.4, 0.5) is 10.1 Å². The number of aromatic nitrogens is 1. The van der Waals surface area contributed by atoms with E-state index < -0.39 is 0 Å². The number of fused-ring (bicyclic) bond motifs is 1. The highest BCUT2D eigenvalue weighted by Gasteiger charge is 2.23. The number of aryl methyl sites for hydroxylation is 1. The summed E-state index contributed by atoms with van der Waals surface area (Å²) in [6, 6.07) is 1.55. The first-order valence-corrected chi connectivity index (χ1v) is 8.52. The highest BCUT2D eigenvalue weighted by Crippen LogP contribution is 2.42. The van der Waals surface area contributed by atoms with Crippen molar-refractivity contribution in [2.75, 3.05) is 37.5 Å². The second-order valence-electron chi connectivity index (χ2n) is 4.82. The van der Waals surface area contributed by atoms with Crippen molar-refractivity contribution in [1.29, 1.82) is 0 Å². The van der Waals surface area contributed by atoms with Gasteiger partial charge in [0.25, 0.3) is 0 Å². The Morgan fingerprint density at radius 1 is 1.40 bits per heavy atom. The van der Waals surface area contributed by atoms with E-state index in [1.165, 1.54) is 0 Å². The number of hydrogen-bond donors (Lipinski definition) is 1. The number of H-pyrrole nitrogens is 1. The van der Waals surface area contributed by atoms with Gasteiger partial charge in [0.1, 0.15) is 5.82 Å². The van der Waals surface area contributed by atoms with Crippen LogP contribution in [0, 0.1) is 12.7 Å². The molecule has 1 N–H and O–H groups in total. The molecule has 1 aliphatic heterocycles.